The van der Waals surface area contributed by atoms with Crippen LogP contribution in [0.5, 0.6) is 0 Å². The van der Waals surface area contributed by atoms with E-state index in [1.54, 1.807) is 24.3 Å². The number of benzene rings is 2. The molecule has 0 radical (unpaired) electrons. The van der Waals surface area contributed by atoms with E-state index in [9.17, 15) is 4.79 Å². The minimum atomic E-state index is 0.0199. The fourth-order valence-corrected chi connectivity index (χ4v) is 2.69. The number of halogens is 1. The molecule has 1 heterocycles. The Morgan fingerprint density at radius 2 is 1.65 bits per heavy atom. The van der Waals surface area contributed by atoms with Crippen LogP contribution in [0.15, 0.2) is 72.9 Å². The van der Waals surface area contributed by atoms with E-state index in [4.69, 9.17) is 11.6 Å². The van der Waals surface area contributed by atoms with Gasteiger partial charge in [0.15, 0.2) is 24.2 Å². The Hall–Kier alpha value is -2.45. The van der Waals surface area contributed by atoms with Gasteiger partial charge in [-0.2, -0.15) is 4.57 Å². The molecule has 0 bridgehead atoms. The topological polar surface area (TPSA) is 20.9 Å². The summed E-state index contributed by atoms with van der Waals surface area (Å²) in [6, 6.07) is 20.8. The predicted octanol–water partition coefficient (Wildman–Crippen LogP) is 4.22. The molecule has 0 aliphatic carbocycles. The van der Waals surface area contributed by atoms with Gasteiger partial charge < -0.3 is 0 Å². The van der Waals surface area contributed by atoms with Crippen molar-refractivity contribution in [1.82, 2.24) is 0 Å². The number of pyridine rings is 1. The molecule has 0 aliphatic rings. The summed E-state index contributed by atoms with van der Waals surface area (Å²) in [5.74, 6) is 0.0199. The average Bonchev–Trinajstić information content (AvgIpc) is 2.57. The van der Waals surface area contributed by atoms with Crippen LogP contribution in [0, 0.1) is 6.92 Å². The van der Waals surface area contributed by atoms with Crippen LogP contribution in [-0.4, -0.2) is 5.78 Å². The zero-order valence-corrected chi connectivity index (χ0v) is 13.6. The fourth-order valence-electron chi connectivity index (χ4n) is 2.56. The van der Waals surface area contributed by atoms with Crippen LogP contribution in [0.1, 0.15) is 27.2 Å². The number of carbonyl (C=O) groups is 1. The van der Waals surface area contributed by atoms with E-state index in [1.165, 1.54) is 0 Å². The molecule has 0 aliphatic heterocycles. The molecule has 3 aromatic rings. The van der Waals surface area contributed by atoms with Crippen LogP contribution in [0.3, 0.4) is 0 Å². The quantitative estimate of drug-likeness (QED) is 0.520. The molecule has 114 valence electrons. The van der Waals surface area contributed by atoms with Gasteiger partial charge in [-0.25, -0.2) is 0 Å². The summed E-state index contributed by atoms with van der Waals surface area (Å²) >= 11 is 5.90. The Labute approximate surface area is 141 Å². The molecule has 2 aromatic carbocycles. The fraction of sp³-hybridized carbons (Fsp3) is 0.100. The van der Waals surface area contributed by atoms with Crippen LogP contribution >= 0.6 is 11.6 Å². The van der Waals surface area contributed by atoms with Crippen molar-refractivity contribution in [3.8, 4) is 0 Å². The van der Waals surface area contributed by atoms with Crippen molar-refractivity contribution in [3.63, 3.8) is 0 Å². The number of carbonyl (C=O) groups excluding carboxylic acids is 1. The highest BCUT2D eigenvalue weighted by Gasteiger charge is 2.16. The van der Waals surface area contributed by atoms with Crippen molar-refractivity contribution in [2.75, 3.05) is 0 Å². The van der Waals surface area contributed by atoms with Gasteiger partial charge in [0.2, 0.25) is 0 Å². The summed E-state index contributed by atoms with van der Waals surface area (Å²) in [7, 11) is 0. The van der Waals surface area contributed by atoms with Gasteiger partial charge in [0.25, 0.3) is 0 Å². The Balaban J connectivity index is 1.96. The van der Waals surface area contributed by atoms with Crippen molar-refractivity contribution in [1.29, 1.82) is 0 Å². The van der Waals surface area contributed by atoms with Gasteiger partial charge in [-0.3, -0.25) is 4.79 Å². The summed E-state index contributed by atoms with van der Waals surface area (Å²) in [5, 5.41) is 0.630. The number of rotatable bonds is 4. The second-order valence-corrected chi connectivity index (χ2v) is 5.90. The second kappa shape index (κ2) is 6.76. The normalized spacial score (nSPS) is 10.5. The minimum absolute atomic E-state index is 0.0199. The molecule has 2 nitrogen and oxygen atoms in total. The van der Waals surface area contributed by atoms with Crippen molar-refractivity contribution < 1.29 is 9.36 Å². The van der Waals surface area contributed by atoms with Crippen LogP contribution in [0.4, 0.5) is 0 Å². The third-order valence-electron chi connectivity index (χ3n) is 3.88. The summed E-state index contributed by atoms with van der Waals surface area (Å²) in [4.78, 5) is 12.8. The van der Waals surface area contributed by atoms with Gasteiger partial charge in [-0.1, -0.05) is 41.9 Å². The highest BCUT2D eigenvalue weighted by atomic mass is 35.5. The van der Waals surface area contributed by atoms with Crippen molar-refractivity contribution in [2.45, 2.75) is 13.5 Å². The highest BCUT2D eigenvalue weighted by Crippen LogP contribution is 2.17. The van der Waals surface area contributed by atoms with Crippen molar-refractivity contribution in [3.05, 3.63) is 100 Å². The molecule has 0 amide bonds. The first kappa shape index (κ1) is 15.4. The summed E-state index contributed by atoms with van der Waals surface area (Å²) in [6.45, 7) is 2.73. The monoisotopic (exact) mass is 322 g/mol. The van der Waals surface area contributed by atoms with E-state index in [1.807, 2.05) is 42.6 Å². The van der Waals surface area contributed by atoms with E-state index in [0.29, 0.717) is 17.1 Å². The minimum Gasteiger partial charge on any atom is -0.289 e. The lowest BCUT2D eigenvalue weighted by molar-refractivity contribution is -0.694. The number of ketones is 1. The van der Waals surface area contributed by atoms with Crippen molar-refractivity contribution in [2.24, 2.45) is 0 Å². The first-order valence-corrected chi connectivity index (χ1v) is 7.86. The van der Waals surface area contributed by atoms with Gasteiger partial charge in [-0.05, 0) is 24.3 Å². The van der Waals surface area contributed by atoms with E-state index in [0.717, 1.165) is 16.8 Å². The molecule has 0 atom stereocenters. The maximum Gasteiger partial charge on any atom is 0.193 e. The van der Waals surface area contributed by atoms with Gasteiger partial charge in [0.05, 0.1) is 0 Å². The summed E-state index contributed by atoms with van der Waals surface area (Å²) in [5.41, 5.74) is 3.54. The maximum atomic E-state index is 12.8. The Bertz CT molecular complexity index is 840. The first-order chi connectivity index (χ1) is 11.1. The van der Waals surface area contributed by atoms with Gasteiger partial charge in [-0.15, -0.1) is 0 Å². The molecule has 23 heavy (non-hydrogen) atoms. The van der Waals surface area contributed by atoms with E-state index in [2.05, 4.69) is 17.6 Å². The Kier molecular flexibility index (Phi) is 4.54. The Morgan fingerprint density at radius 3 is 2.39 bits per heavy atom. The van der Waals surface area contributed by atoms with Crippen LogP contribution in [0.2, 0.25) is 5.02 Å². The zero-order chi connectivity index (χ0) is 16.2. The second-order valence-electron chi connectivity index (χ2n) is 5.46. The molecule has 0 N–H and O–H groups in total. The number of aromatic nitrogens is 1. The van der Waals surface area contributed by atoms with Crippen LogP contribution < -0.4 is 4.57 Å². The third-order valence-corrected chi connectivity index (χ3v) is 4.13. The zero-order valence-electron chi connectivity index (χ0n) is 12.9. The molecule has 0 saturated carbocycles. The van der Waals surface area contributed by atoms with E-state index < -0.39 is 0 Å². The number of nitrogens with zero attached hydrogens (tertiary/aromatic N) is 1. The average molecular weight is 323 g/mol. The molecule has 3 heteroatoms. The SMILES string of the molecule is Cc1cccc[n+]1Cc1ccccc1C(=O)c1ccc(Cl)cc1. The van der Waals surface area contributed by atoms with E-state index >= 15 is 0 Å². The van der Waals surface area contributed by atoms with Crippen LogP contribution in [0.25, 0.3) is 0 Å². The molecule has 3 rings (SSSR count). The lowest BCUT2D eigenvalue weighted by atomic mass is 9.98. The van der Waals surface area contributed by atoms with Gasteiger partial charge in [0, 0.05) is 40.8 Å². The smallest absolute Gasteiger partial charge is 0.193 e. The molecule has 0 fully saturated rings. The first-order valence-electron chi connectivity index (χ1n) is 7.48. The molecule has 0 spiro atoms. The number of hydrogen-bond donors (Lipinski definition) is 0. The lowest BCUT2D eigenvalue weighted by Gasteiger charge is -2.07. The predicted molar refractivity (Wildman–Crippen MR) is 91.8 cm³/mol. The molecular formula is C20H17ClNO+. The van der Waals surface area contributed by atoms with Gasteiger partial charge >= 0.3 is 0 Å². The highest BCUT2D eigenvalue weighted by molar-refractivity contribution is 6.30. The third kappa shape index (κ3) is 3.49. The maximum absolute atomic E-state index is 12.8. The molecular weight excluding hydrogens is 306 g/mol. The summed E-state index contributed by atoms with van der Waals surface area (Å²) in [6.07, 6.45) is 2.03. The molecule has 1 aromatic heterocycles. The van der Waals surface area contributed by atoms with Crippen LogP contribution in [-0.2, 0) is 6.54 Å². The number of aryl methyl sites for hydroxylation is 1. The molecule has 0 saturated heterocycles. The standard InChI is InChI=1S/C20H17ClNO/c1-15-6-4-5-13-22(15)14-17-7-2-3-8-19(17)20(23)16-9-11-18(21)12-10-16/h2-13H,14H2,1H3/q+1. The van der Waals surface area contributed by atoms with E-state index in [-0.39, 0.29) is 5.78 Å². The number of hydrogen-bond acceptors (Lipinski definition) is 1. The summed E-state index contributed by atoms with van der Waals surface area (Å²) < 4.78 is 2.13. The lowest BCUT2D eigenvalue weighted by Crippen LogP contribution is -2.37. The largest absolute Gasteiger partial charge is 0.289 e. The van der Waals surface area contributed by atoms with Gasteiger partial charge in [0.1, 0.15) is 0 Å². The van der Waals surface area contributed by atoms with Crippen molar-refractivity contribution >= 4 is 17.4 Å². The Morgan fingerprint density at radius 1 is 0.957 bits per heavy atom. The molecule has 0 unspecified atom stereocenters.